The highest BCUT2D eigenvalue weighted by Crippen LogP contribution is 2.13. The molecule has 0 aliphatic rings. The van der Waals surface area contributed by atoms with Crippen molar-refractivity contribution in [2.75, 3.05) is 5.32 Å². The molecule has 2 aromatic carbocycles. The van der Waals surface area contributed by atoms with Gasteiger partial charge < -0.3 is 4.74 Å². The summed E-state index contributed by atoms with van der Waals surface area (Å²) < 4.78 is 6.85. The minimum Gasteiger partial charge on any atom is -0.481 e. The summed E-state index contributed by atoms with van der Waals surface area (Å²) in [6, 6.07) is 18.8. The Balaban J connectivity index is 1.55. The van der Waals surface area contributed by atoms with Gasteiger partial charge in [-0.05, 0) is 31.5 Å². The summed E-state index contributed by atoms with van der Waals surface area (Å²) in [4.78, 5) is 34.0. The van der Waals surface area contributed by atoms with Crippen LogP contribution in [0.5, 0.6) is 5.75 Å². The highest BCUT2D eigenvalue weighted by molar-refractivity contribution is 5.92. The number of carbonyl (C=O) groups is 1. The van der Waals surface area contributed by atoms with Gasteiger partial charge in [-0.1, -0.05) is 48.5 Å². The molecule has 0 aliphatic carbocycles. The maximum Gasteiger partial charge on any atom is 0.277 e. The zero-order valence-electron chi connectivity index (χ0n) is 16.6. The fourth-order valence-electron chi connectivity index (χ4n) is 3.09. The van der Waals surface area contributed by atoms with Gasteiger partial charge in [0.25, 0.3) is 17.2 Å². The first-order valence-electron chi connectivity index (χ1n) is 9.56. The molecule has 0 unspecified atom stereocenters. The molecule has 30 heavy (non-hydrogen) atoms. The smallest absolute Gasteiger partial charge is 0.277 e. The molecule has 4 rings (SSSR count). The van der Waals surface area contributed by atoms with E-state index >= 15 is 0 Å². The summed E-state index contributed by atoms with van der Waals surface area (Å²) in [5.41, 5.74) is 1.94. The van der Waals surface area contributed by atoms with Crippen molar-refractivity contribution in [2.24, 2.45) is 0 Å². The van der Waals surface area contributed by atoms with Gasteiger partial charge in [0, 0.05) is 12.0 Å². The van der Waals surface area contributed by atoms with Crippen LogP contribution in [0.25, 0.3) is 5.78 Å². The number of ether oxygens (including phenoxy) is 1. The predicted molar refractivity (Wildman–Crippen MR) is 113 cm³/mol. The van der Waals surface area contributed by atoms with Crippen LogP contribution in [0.15, 0.2) is 65.5 Å². The minimum atomic E-state index is -0.749. The molecule has 0 radical (unpaired) electrons. The molecule has 4 aromatic rings. The number of nitrogens with zero attached hydrogens (tertiary/aromatic N) is 3. The quantitative estimate of drug-likeness (QED) is 0.515. The van der Waals surface area contributed by atoms with E-state index in [0.29, 0.717) is 23.4 Å². The van der Waals surface area contributed by atoms with E-state index in [1.54, 1.807) is 26.0 Å². The number of hydrogen-bond acceptors (Lipinski definition) is 5. The second kappa shape index (κ2) is 8.20. The molecule has 2 aromatic heterocycles. The number of rotatable bonds is 6. The number of amides is 1. The van der Waals surface area contributed by atoms with Gasteiger partial charge in [0.2, 0.25) is 5.95 Å². The summed E-state index contributed by atoms with van der Waals surface area (Å²) in [6.45, 7) is 3.42. The van der Waals surface area contributed by atoms with Crippen molar-refractivity contribution < 1.29 is 9.53 Å². The number of benzene rings is 2. The molecule has 1 amide bonds. The van der Waals surface area contributed by atoms with Crippen LogP contribution in [0, 0.1) is 6.92 Å². The number of anilines is 1. The fourth-order valence-corrected chi connectivity index (χ4v) is 3.09. The zero-order valence-corrected chi connectivity index (χ0v) is 16.6. The molecule has 0 aliphatic heterocycles. The zero-order chi connectivity index (χ0) is 21.1. The number of para-hydroxylation sites is 1. The third kappa shape index (κ3) is 4.07. The molecule has 2 N–H and O–H groups in total. The Morgan fingerprint density at radius 2 is 1.77 bits per heavy atom. The molecule has 0 saturated carbocycles. The van der Waals surface area contributed by atoms with Crippen LogP contribution >= 0.6 is 0 Å². The molecule has 0 fully saturated rings. The number of aryl methyl sites for hydroxylation is 1. The summed E-state index contributed by atoms with van der Waals surface area (Å²) in [6.07, 6.45) is -0.287. The minimum absolute atomic E-state index is 0.129. The average molecular weight is 403 g/mol. The lowest BCUT2D eigenvalue weighted by atomic mass is 10.1. The summed E-state index contributed by atoms with van der Waals surface area (Å²) >= 11 is 0. The van der Waals surface area contributed by atoms with Crippen LogP contribution in [0.3, 0.4) is 0 Å². The van der Waals surface area contributed by atoms with E-state index in [4.69, 9.17) is 4.74 Å². The van der Waals surface area contributed by atoms with Gasteiger partial charge >= 0.3 is 0 Å². The van der Waals surface area contributed by atoms with E-state index in [1.165, 1.54) is 4.52 Å². The van der Waals surface area contributed by atoms with E-state index in [2.05, 4.69) is 20.4 Å². The summed E-state index contributed by atoms with van der Waals surface area (Å²) in [5.74, 6) is 0.515. The summed E-state index contributed by atoms with van der Waals surface area (Å²) in [5, 5.41) is 5.45. The number of hydrogen-bond donors (Lipinski definition) is 2. The van der Waals surface area contributed by atoms with E-state index in [0.717, 1.165) is 5.56 Å². The molecule has 152 valence electrons. The van der Waals surface area contributed by atoms with Crippen LogP contribution in [0.1, 0.15) is 23.7 Å². The van der Waals surface area contributed by atoms with E-state index in [-0.39, 0.29) is 17.3 Å². The number of aromatic amines is 1. The number of H-pyrrole nitrogens is 1. The highest BCUT2D eigenvalue weighted by Gasteiger charge is 2.18. The normalized spacial score (nSPS) is 11.9. The van der Waals surface area contributed by atoms with Gasteiger partial charge in [0.15, 0.2) is 6.10 Å². The van der Waals surface area contributed by atoms with E-state index in [1.807, 2.05) is 48.5 Å². The van der Waals surface area contributed by atoms with E-state index in [9.17, 15) is 9.59 Å². The monoisotopic (exact) mass is 403 g/mol. The largest absolute Gasteiger partial charge is 0.481 e. The van der Waals surface area contributed by atoms with Crippen molar-refractivity contribution in [3.63, 3.8) is 0 Å². The maximum absolute atomic E-state index is 12.9. The van der Waals surface area contributed by atoms with Crippen molar-refractivity contribution in [1.82, 2.24) is 19.6 Å². The first-order valence-corrected chi connectivity index (χ1v) is 9.56. The van der Waals surface area contributed by atoms with Crippen LogP contribution in [0.4, 0.5) is 5.95 Å². The van der Waals surface area contributed by atoms with Crippen molar-refractivity contribution in [1.29, 1.82) is 0 Å². The molecule has 8 nitrogen and oxygen atoms in total. The SMILES string of the molecule is Cc1nc2nc(NC(=O)[C@@H](C)Oc3ccccc3)[nH]n2c(=O)c1Cc1ccccc1. The van der Waals surface area contributed by atoms with Gasteiger partial charge in [0.05, 0.1) is 5.69 Å². The van der Waals surface area contributed by atoms with Crippen LogP contribution in [0.2, 0.25) is 0 Å². The molecule has 8 heteroatoms. The standard InChI is InChI=1S/C22H21N5O3/c1-14-18(13-16-9-5-3-6-10-16)20(29)27-22(23-14)25-21(26-27)24-19(28)15(2)30-17-11-7-4-8-12-17/h3-12,15H,13H2,1-2H3,(H2,23,24,25,26,28)/t15-/m1/s1. The van der Waals surface area contributed by atoms with Crippen molar-refractivity contribution in [2.45, 2.75) is 26.4 Å². The predicted octanol–water partition coefficient (Wildman–Crippen LogP) is 2.72. The first kappa shape index (κ1) is 19.4. The average Bonchev–Trinajstić information content (AvgIpc) is 3.15. The van der Waals surface area contributed by atoms with Crippen LogP contribution < -0.4 is 15.6 Å². The van der Waals surface area contributed by atoms with Gasteiger partial charge in [-0.25, -0.2) is 4.98 Å². The Kier molecular flexibility index (Phi) is 5.30. The lowest BCUT2D eigenvalue weighted by Crippen LogP contribution is -2.30. The Labute approximate surface area is 172 Å². The Morgan fingerprint density at radius 1 is 1.10 bits per heavy atom. The molecular weight excluding hydrogens is 382 g/mol. The molecule has 0 spiro atoms. The molecule has 0 saturated heterocycles. The molecular formula is C22H21N5O3. The Bertz CT molecular complexity index is 1230. The van der Waals surface area contributed by atoms with Crippen LogP contribution in [-0.2, 0) is 11.2 Å². The maximum atomic E-state index is 12.9. The van der Waals surface area contributed by atoms with Gasteiger partial charge in [-0.3, -0.25) is 20.0 Å². The lowest BCUT2D eigenvalue weighted by molar-refractivity contribution is -0.122. The number of aromatic nitrogens is 4. The summed E-state index contributed by atoms with van der Waals surface area (Å²) in [7, 11) is 0. The number of fused-ring (bicyclic) bond motifs is 1. The van der Waals surface area contributed by atoms with Crippen molar-refractivity contribution >= 4 is 17.6 Å². The van der Waals surface area contributed by atoms with Crippen molar-refractivity contribution in [3.05, 3.63) is 87.8 Å². The van der Waals surface area contributed by atoms with Gasteiger partial charge in [0.1, 0.15) is 5.75 Å². The van der Waals surface area contributed by atoms with E-state index < -0.39 is 12.0 Å². The first-order chi connectivity index (χ1) is 14.5. The third-order valence-corrected chi connectivity index (χ3v) is 4.69. The Morgan fingerprint density at radius 3 is 2.47 bits per heavy atom. The molecule has 2 heterocycles. The number of carbonyl (C=O) groups excluding carboxylic acids is 1. The molecule has 0 bridgehead atoms. The third-order valence-electron chi connectivity index (χ3n) is 4.69. The highest BCUT2D eigenvalue weighted by atomic mass is 16.5. The second-order valence-electron chi connectivity index (χ2n) is 6.91. The van der Waals surface area contributed by atoms with Gasteiger partial charge in [-0.2, -0.15) is 9.50 Å². The fraction of sp³-hybridized carbons (Fsp3) is 0.182. The van der Waals surface area contributed by atoms with Crippen molar-refractivity contribution in [3.8, 4) is 5.75 Å². The lowest BCUT2D eigenvalue weighted by Gasteiger charge is -2.13. The molecule has 1 atom stereocenters. The van der Waals surface area contributed by atoms with Crippen LogP contribution in [-0.4, -0.2) is 31.6 Å². The number of nitrogens with one attached hydrogen (secondary N) is 2. The Hall–Kier alpha value is -3.94. The topological polar surface area (TPSA) is 101 Å². The second-order valence-corrected chi connectivity index (χ2v) is 6.91. The van der Waals surface area contributed by atoms with Gasteiger partial charge in [-0.15, -0.1) is 0 Å².